The quantitative estimate of drug-likeness (QED) is 0.877. The first kappa shape index (κ1) is 13.9. The molecule has 1 atom stereocenters. The molecule has 1 amide bonds. The molecular formula is C16H18N2O2. The average molecular weight is 270 g/mol. The molecule has 2 aromatic rings. The summed E-state index contributed by atoms with van der Waals surface area (Å²) < 4.78 is 5.21. The van der Waals surface area contributed by atoms with Gasteiger partial charge in [-0.15, -0.1) is 0 Å². The first-order valence-electron chi connectivity index (χ1n) is 6.46. The number of anilines is 2. The molecule has 2 aromatic carbocycles. The van der Waals surface area contributed by atoms with Crippen LogP contribution in [0.4, 0.5) is 11.4 Å². The fourth-order valence-corrected chi connectivity index (χ4v) is 1.84. The van der Waals surface area contributed by atoms with Crippen molar-refractivity contribution in [3.63, 3.8) is 0 Å². The van der Waals surface area contributed by atoms with Gasteiger partial charge in [-0.3, -0.25) is 4.79 Å². The van der Waals surface area contributed by atoms with Crippen molar-refractivity contribution in [2.24, 2.45) is 0 Å². The fraction of sp³-hybridized carbons (Fsp3) is 0.188. The summed E-state index contributed by atoms with van der Waals surface area (Å²) in [7, 11) is 1.58. The molecule has 2 rings (SSSR count). The van der Waals surface area contributed by atoms with Crippen LogP contribution in [0.2, 0.25) is 0 Å². The minimum Gasteiger partial charge on any atom is -0.495 e. The lowest BCUT2D eigenvalue weighted by Gasteiger charge is -2.16. The second-order valence-electron chi connectivity index (χ2n) is 4.42. The van der Waals surface area contributed by atoms with E-state index in [0.717, 1.165) is 5.69 Å². The molecule has 0 aliphatic rings. The number of carbonyl (C=O) groups is 1. The Morgan fingerprint density at radius 2 is 1.70 bits per heavy atom. The number of nitrogens with one attached hydrogen (secondary N) is 2. The van der Waals surface area contributed by atoms with E-state index < -0.39 is 0 Å². The lowest BCUT2D eigenvalue weighted by molar-refractivity contribution is -0.116. The number of carbonyl (C=O) groups excluding carboxylic acids is 1. The molecule has 0 fully saturated rings. The van der Waals surface area contributed by atoms with E-state index in [1.165, 1.54) is 0 Å². The molecule has 0 spiro atoms. The molecular weight excluding hydrogens is 252 g/mol. The Kier molecular flexibility index (Phi) is 4.60. The first-order chi connectivity index (χ1) is 9.70. The van der Waals surface area contributed by atoms with E-state index in [-0.39, 0.29) is 11.9 Å². The predicted octanol–water partition coefficient (Wildman–Crippen LogP) is 3.13. The lowest BCUT2D eigenvalue weighted by Crippen LogP contribution is -2.31. The van der Waals surface area contributed by atoms with Crippen LogP contribution in [0.25, 0.3) is 0 Å². The molecule has 0 aliphatic carbocycles. The van der Waals surface area contributed by atoms with Crippen LogP contribution < -0.4 is 15.4 Å². The maximum atomic E-state index is 12.2. The normalized spacial score (nSPS) is 11.5. The van der Waals surface area contributed by atoms with E-state index in [2.05, 4.69) is 10.6 Å². The van der Waals surface area contributed by atoms with Gasteiger partial charge >= 0.3 is 0 Å². The molecule has 0 saturated heterocycles. The Balaban J connectivity index is 2.01. The third-order valence-electron chi connectivity index (χ3n) is 2.92. The number of hydrogen-bond donors (Lipinski definition) is 2. The van der Waals surface area contributed by atoms with Gasteiger partial charge in [-0.2, -0.15) is 0 Å². The van der Waals surface area contributed by atoms with E-state index in [4.69, 9.17) is 4.74 Å². The third-order valence-corrected chi connectivity index (χ3v) is 2.92. The zero-order valence-corrected chi connectivity index (χ0v) is 11.6. The summed E-state index contributed by atoms with van der Waals surface area (Å²) in [6, 6.07) is 16.6. The molecule has 0 saturated carbocycles. The topological polar surface area (TPSA) is 50.4 Å². The molecule has 0 aliphatic heterocycles. The zero-order chi connectivity index (χ0) is 14.4. The summed E-state index contributed by atoms with van der Waals surface area (Å²) in [5.41, 5.74) is 1.58. The molecule has 0 heterocycles. The number of benzene rings is 2. The minimum absolute atomic E-state index is 0.113. The zero-order valence-electron chi connectivity index (χ0n) is 11.6. The summed E-state index contributed by atoms with van der Waals surface area (Å²) in [4.78, 5) is 12.2. The van der Waals surface area contributed by atoms with Gasteiger partial charge in [-0.05, 0) is 31.2 Å². The summed E-state index contributed by atoms with van der Waals surface area (Å²) in [5, 5.41) is 6.00. The van der Waals surface area contributed by atoms with E-state index in [1.54, 1.807) is 7.11 Å². The van der Waals surface area contributed by atoms with Gasteiger partial charge in [0.15, 0.2) is 0 Å². The van der Waals surface area contributed by atoms with E-state index in [1.807, 2.05) is 61.5 Å². The standard InChI is InChI=1S/C16H18N2O2/c1-12(17-13-8-4-3-5-9-13)16(19)18-14-10-6-7-11-15(14)20-2/h3-12,17H,1-2H3,(H,18,19)/t12-/m1/s1. The maximum absolute atomic E-state index is 12.2. The fourth-order valence-electron chi connectivity index (χ4n) is 1.84. The van der Waals surface area contributed by atoms with Crippen LogP contribution >= 0.6 is 0 Å². The van der Waals surface area contributed by atoms with Crippen LogP contribution in [0.5, 0.6) is 5.75 Å². The Morgan fingerprint density at radius 1 is 1.05 bits per heavy atom. The summed E-state index contributed by atoms with van der Waals surface area (Å²) in [6.07, 6.45) is 0. The van der Waals surface area contributed by atoms with E-state index in [9.17, 15) is 4.79 Å². The molecule has 4 nitrogen and oxygen atoms in total. The van der Waals surface area contributed by atoms with Crippen molar-refractivity contribution in [2.75, 3.05) is 17.7 Å². The predicted molar refractivity (Wildman–Crippen MR) is 81.2 cm³/mol. The highest BCUT2D eigenvalue weighted by atomic mass is 16.5. The highest BCUT2D eigenvalue weighted by Gasteiger charge is 2.14. The average Bonchev–Trinajstić information content (AvgIpc) is 2.48. The molecule has 104 valence electrons. The molecule has 2 N–H and O–H groups in total. The number of rotatable bonds is 5. The Morgan fingerprint density at radius 3 is 2.40 bits per heavy atom. The molecule has 0 bridgehead atoms. The summed E-state index contributed by atoms with van der Waals surface area (Å²) in [5.74, 6) is 0.533. The van der Waals surface area contributed by atoms with Crippen molar-refractivity contribution in [3.8, 4) is 5.75 Å². The Hall–Kier alpha value is -2.49. The lowest BCUT2D eigenvalue weighted by atomic mass is 10.2. The van der Waals surface area contributed by atoms with Gasteiger partial charge in [0.1, 0.15) is 11.8 Å². The van der Waals surface area contributed by atoms with Crippen LogP contribution in [0.3, 0.4) is 0 Å². The number of hydrogen-bond acceptors (Lipinski definition) is 3. The van der Waals surface area contributed by atoms with Gasteiger partial charge in [0, 0.05) is 5.69 Å². The Labute approximate surface area is 118 Å². The van der Waals surface area contributed by atoms with Crippen LogP contribution in [0, 0.1) is 0 Å². The van der Waals surface area contributed by atoms with Gasteiger partial charge in [0.25, 0.3) is 0 Å². The van der Waals surface area contributed by atoms with Crippen molar-refractivity contribution < 1.29 is 9.53 Å². The van der Waals surface area contributed by atoms with Gasteiger partial charge in [-0.25, -0.2) is 0 Å². The van der Waals surface area contributed by atoms with Crippen molar-refractivity contribution >= 4 is 17.3 Å². The molecule has 20 heavy (non-hydrogen) atoms. The third kappa shape index (κ3) is 3.51. The number of ether oxygens (including phenoxy) is 1. The first-order valence-corrected chi connectivity index (χ1v) is 6.46. The van der Waals surface area contributed by atoms with Crippen molar-refractivity contribution in [3.05, 3.63) is 54.6 Å². The summed E-state index contributed by atoms with van der Waals surface area (Å²) in [6.45, 7) is 1.82. The van der Waals surface area contributed by atoms with Crippen LogP contribution in [-0.4, -0.2) is 19.1 Å². The van der Waals surface area contributed by atoms with Crippen LogP contribution in [0.15, 0.2) is 54.6 Å². The molecule has 0 aromatic heterocycles. The van der Waals surface area contributed by atoms with E-state index >= 15 is 0 Å². The second-order valence-corrected chi connectivity index (χ2v) is 4.42. The van der Waals surface area contributed by atoms with Gasteiger partial charge in [0.2, 0.25) is 5.91 Å². The van der Waals surface area contributed by atoms with Gasteiger partial charge < -0.3 is 15.4 Å². The minimum atomic E-state index is -0.345. The number of methoxy groups -OCH3 is 1. The summed E-state index contributed by atoms with van der Waals surface area (Å²) >= 11 is 0. The highest BCUT2D eigenvalue weighted by molar-refractivity contribution is 5.97. The van der Waals surface area contributed by atoms with Crippen LogP contribution in [0.1, 0.15) is 6.92 Å². The van der Waals surface area contributed by atoms with Gasteiger partial charge in [0.05, 0.1) is 12.8 Å². The van der Waals surface area contributed by atoms with Crippen molar-refractivity contribution in [1.82, 2.24) is 0 Å². The van der Waals surface area contributed by atoms with Gasteiger partial charge in [-0.1, -0.05) is 30.3 Å². The maximum Gasteiger partial charge on any atom is 0.246 e. The van der Waals surface area contributed by atoms with E-state index in [0.29, 0.717) is 11.4 Å². The Bertz CT molecular complexity index is 570. The van der Waals surface area contributed by atoms with Crippen molar-refractivity contribution in [2.45, 2.75) is 13.0 Å². The van der Waals surface area contributed by atoms with Crippen molar-refractivity contribution in [1.29, 1.82) is 0 Å². The molecule has 0 unspecified atom stereocenters. The SMILES string of the molecule is COc1ccccc1NC(=O)[C@@H](C)Nc1ccccc1. The molecule has 0 radical (unpaired) electrons. The second kappa shape index (κ2) is 6.61. The van der Waals surface area contributed by atoms with Crippen LogP contribution in [-0.2, 0) is 4.79 Å². The largest absolute Gasteiger partial charge is 0.495 e. The number of para-hydroxylation sites is 3. The molecule has 4 heteroatoms. The monoisotopic (exact) mass is 270 g/mol. The smallest absolute Gasteiger partial charge is 0.246 e. The number of amides is 1. The highest BCUT2D eigenvalue weighted by Crippen LogP contribution is 2.23.